The summed E-state index contributed by atoms with van der Waals surface area (Å²) < 4.78 is 0. The van der Waals surface area contributed by atoms with E-state index in [2.05, 4.69) is 20.5 Å². The summed E-state index contributed by atoms with van der Waals surface area (Å²) in [6, 6.07) is 7.58. The zero-order chi connectivity index (χ0) is 17.5. The second kappa shape index (κ2) is 8.76. The maximum atomic E-state index is 12.3. The Morgan fingerprint density at radius 1 is 1.32 bits per heavy atom. The first kappa shape index (κ1) is 17.6. The third-order valence-electron chi connectivity index (χ3n) is 4.91. The Kier molecular flexibility index (Phi) is 6.17. The molecule has 0 spiro atoms. The van der Waals surface area contributed by atoms with Gasteiger partial charge in [-0.05, 0) is 37.5 Å². The number of H-pyrrole nitrogens is 1. The predicted molar refractivity (Wildman–Crippen MR) is 95.3 cm³/mol. The molecule has 3 rings (SSSR count). The number of amides is 1. The number of aromatic amines is 1. The van der Waals surface area contributed by atoms with Gasteiger partial charge in [-0.25, -0.2) is 0 Å². The van der Waals surface area contributed by atoms with E-state index in [0.717, 1.165) is 11.4 Å². The van der Waals surface area contributed by atoms with Gasteiger partial charge in [-0.2, -0.15) is 5.10 Å². The van der Waals surface area contributed by atoms with Gasteiger partial charge in [0.2, 0.25) is 0 Å². The van der Waals surface area contributed by atoms with Crippen molar-refractivity contribution >= 4 is 5.91 Å². The van der Waals surface area contributed by atoms with Crippen LogP contribution in [0.1, 0.15) is 59.9 Å². The van der Waals surface area contributed by atoms with Crippen LogP contribution in [0.4, 0.5) is 0 Å². The molecule has 1 unspecified atom stereocenters. The Hall–Kier alpha value is -2.21. The zero-order valence-electron chi connectivity index (χ0n) is 14.4. The Morgan fingerprint density at radius 2 is 2.16 bits per heavy atom. The van der Waals surface area contributed by atoms with Crippen LogP contribution in [-0.2, 0) is 6.42 Å². The number of nitrogens with one attached hydrogen (secondary N) is 2. The molecule has 1 aliphatic carbocycles. The van der Waals surface area contributed by atoms with Crippen molar-refractivity contribution in [3.63, 3.8) is 0 Å². The fourth-order valence-electron chi connectivity index (χ4n) is 3.42. The number of hydrogen-bond acceptors (Lipinski definition) is 4. The van der Waals surface area contributed by atoms with Crippen LogP contribution >= 0.6 is 0 Å². The smallest absolute Gasteiger partial charge is 0.271 e. The van der Waals surface area contributed by atoms with E-state index >= 15 is 0 Å². The standard InChI is InChI=1S/C19H26N4O2/c24-13-14(10-16-8-4-5-9-20-16)12-21-19(25)18-11-17(22-23-18)15-6-2-1-3-7-15/h4-5,8-9,11,14-15,24H,1-3,6-7,10,12-13H2,(H,21,25)(H,22,23). The van der Waals surface area contributed by atoms with Crippen LogP contribution in [0.2, 0.25) is 0 Å². The predicted octanol–water partition coefficient (Wildman–Crippen LogP) is 2.43. The van der Waals surface area contributed by atoms with Gasteiger partial charge < -0.3 is 10.4 Å². The number of carbonyl (C=O) groups excluding carboxylic acids is 1. The van der Waals surface area contributed by atoms with E-state index < -0.39 is 0 Å². The van der Waals surface area contributed by atoms with Gasteiger partial charge in [0.15, 0.2) is 0 Å². The lowest BCUT2D eigenvalue weighted by Crippen LogP contribution is -2.32. The second-order valence-electron chi connectivity index (χ2n) is 6.83. The van der Waals surface area contributed by atoms with Crippen molar-refractivity contribution in [3.05, 3.63) is 47.5 Å². The largest absolute Gasteiger partial charge is 0.396 e. The molecule has 134 valence electrons. The number of aliphatic hydroxyl groups is 1. The molecule has 1 amide bonds. The van der Waals surface area contributed by atoms with Crippen molar-refractivity contribution in [1.82, 2.24) is 20.5 Å². The fraction of sp³-hybridized carbons (Fsp3) is 0.526. The summed E-state index contributed by atoms with van der Waals surface area (Å²) in [7, 11) is 0. The van der Waals surface area contributed by atoms with E-state index in [1.807, 2.05) is 24.3 Å². The molecule has 0 radical (unpaired) electrons. The molecule has 25 heavy (non-hydrogen) atoms. The van der Waals surface area contributed by atoms with Gasteiger partial charge >= 0.3 is 0 Å². The van der Waals surface area contributed by atoms with Gasteiger partial charge in [0.25, 0.3) is 5.91 Å². The fourth-order valence-corrected chi connectivity index (χ4v) is 3.42. The Bertz CT molecular complexity index is 665. The number of aromatic nitrogens is 3. The maximum Gasteiger partial charge on any atom is 0.271 e. The molecule has 3 N–H and O–H groups in total. The Morgan fingerprint density at radius 3 is 2.88 bits per heavy atom. The first-order chi connectivity index (χ1) is 12.3. The highest BCUT2D eigenvalue weighted by molar-refractivity contribution is 5.92. The highest BCUT2D eigenvalue weighted by Crippen LogP contribution is 2.31. The van der Waals surface area contributed by atoms with E-state index in [0.29, 0.717) is 24.6 Å². The van der Waals surface area contributed by atoms with Crippen LogP contribution in [0.15, 0.2) is 30.5 Å². The minimum Gasteiger partial charge on any atom is -0.396 e. The summed E-state index contributed by atoms with van der Waals surface area (Å²) in [5, 5.41) is 19.6. The molecule has 6 heteroatoms. The second-order valence-corrected chi connectivity index (χ2v) is 6.83. The first-order valence-electron chi connectivity index (χ1n) is 9.10. The van der Waals surface area contributed by atoms with Crippen molar-refractivity contribution < 1.29 is 9.90 Å². The van der Waals surface area contributed by atoms with Crippen LogP contribution in [0.5, 0.6) is 0 Å². The number of rotatable bonds is 7. The van der Waals surface area contributed by atoms with E-state index in [9.17, 15) is 9.90 Å². The average molecular weight is 342 g/mol. The molecule has 1 saturated carbocycles. The number of nitrogens with zero attached hydrogens (tertiary/aromatic N) is 2. The third kappa shape index (κ3) is 4.89. The lowest BCUT2D eigenvalue weighted by atomic mass is 9.87. The van der Waals surface area contributed by atoms with Crippen LogP contribution < -0.4 is 5.32 Å². The molecule has 0 aliphatic heterocycles. The Labute approximate surface area is 148 Å². The first-order valence-corrected chi connectivity index (χ1v) is 9.10. The Balaban J connectivity index is 1.52. The minimum absolute atomic E-state index is 0.00471. The molecule has 2 heterocycles. The molecule has 1 atom stereocenters. The summed E-state index contributed by atoms with van der Waals surface area (Å²) in [5.74, 6) is 0.241. The molecule has 6 nitrogen and oxygen atoms in total. The average Bonchev–Trinajstić information content (AvgIpc) is 3.17. The van der Waals surface area contributed by atoms with Crippen molar-refractivity contribution in [2.75, 3.05) is 13.2 Å². The molecule has 2 aromatic rings. The topological polar surface area (TPSA) is 90.9 Å². The van der Waals surface area contributed by atoms with Crippen LogP contribution in [0.3, 0.4) is 0 Å². The van der Waals surface area contributed by atoms with Crippen LogP contribution in [-0.4, -0.2) is 39.3 Å². The molecular weight excluding hydrogens is 316 g/mol. The monoisotopic (exact) mass is 342 g/mol. The van der Waals surface area contributed by atoms with E-state index in [-0.39, 0.29) is 18.4 Å². The van der Waals surface area contributed by atoms with E-state index in [1.165, 1.54) is 32.1 Å². The van der Waals surface area contributed by atoms with Crippen LogP contribution in [0, 0.1) is 5.92 Å². The zero-order valence-corrected chi connectivity index (χ0v) is 14.4. The van der Waals surface area contributed by atoms with Crippen molar-refractivity contribution in [2.24, 2.45) is 5.92 Å². The van der Waals surface area contributed by atoms with Crippen molar-refractivity contribution in [2.45, 2.75) is 44.4 Å². The SMILES string of the molecule is O=C(NCC(CO)Cc1ccccn1)c1cc(C2CCCCC2)[nH]n1. The quantitative estimate of drug-likeness (QED) is 0.721. The van der Waals surface area contributed by atoms with Gasteiger partial charge in [0.1, 0.15) is 5.69 Å². The third-order valence-corrected chi connectivity index (χ3v) is 4.91. The summed E-state index contributed by atoms with van der Waals surface area (Å²) in [5.41, 5.74) is 2.40. The molecule has 2 aromatic heterocycles. The number of pyridine rings is 1. The minimum atomic E-state index is -0.196. The molecule has 0 saturated heterocycles. The van der Waals surface area contributed by atoms with Crippen molar-refractivity contribution in [1.29, 1.82) is 0 Å². The van der Waals surface area contributed by atoms with Gasteiger partial charge in [0, 0.05) is 42.6 Å². The number of aliphatic hydroxyl groups excluding tert-OH is 1. The molecule has 1 aliphatic rings. The highest BCUT2D eigenvalue weighted by Gasteiger charge is 2.20. The summed E-state index contributed by atoms with van der Waals surface area (Å²) in [6.45, 7) is 0.405. The number of carbonyl (C=O) groups is 1. The summed E-state index contributed by atoms with van der Waals surface area (Å²) in [4.78, 5) is 16.6. The van der Waals surface area contributed by atoms with E-state index in [1.54, 1.807) is 6.20 Å². The van der Waals surface area contributed by atoms with Crippen LogP contribution in [0.25, 0.3) is 0 Å². The van der Waals surface area contributed by atoms with Gasteiger partial charge in [-0.1, -0.05) is 25.3 Å². The number of hydrogen-bond donors (Lipinski definition) is 3. The van der Waals surface area contributed by atoms with Crippen molar-refractivity contribution in [3.8, 4) is 0 Å². The summed E-state index contributed by atoms with van der Waals surface area (Å²) in [6.07, 6.45) is 8.49. The maximum absolute atomic E-state index is 12.3. The molecular formula is C19H26N4O2. The van der Waals surface area contributed by atoms with E-state index in [4.69, 9.17) is 0 Å². The normalized spacial score (nSPS) is 16.5. The van der Waals surface area contributed by atoms with Gasteiger partial charge in [0.05, 0.1) is 0 Å². The lowest BCUT2D eigenvalue weighted by Gasteiger charge is -2.19. The highest BCUT2D eigenvalue weighted by atomic mass is 16.3. The molecule has 1 fully saturated rings. The molecule has 0 aromatic carbocycles. The molecule has 0 bridgehead atoms. The van der Waals surface area contributed by atoms with Gasteiger partial charge in [-0.15, -0.1) is 0 Å². The lowest BCUT2D eigenvalue weighted by molar-refractivity contribution is 0.0934. The van der Waals surface area contributed by atoms with Gasteiger partial charge in [-0.3, -0.25) is 14.9 Å². The summed E-state index contributed by atoms with van der Waals surface area (Å²) >= 11 is 0.